The second-order valence-electron chi connectivity index (χ2n) is 8.07. The van der Waals surface area contributed by atoms with Gasteiger partial charge in [-0.3, -0.25) is 4.90 Å². The maximum Gasteiger partial charge on any atom is 0.111 e. The average molecular weight is 441 g/mol. The van der Waals surface area contributed by atoms with E-state index in [1.54, 1.807) is 6.20 Å². The van der Waals surface area contributed by atoms with Crippen molar-refractivity contribution in [1.29, 1.82) is 0 Å². The molecule has 1 atom stereocenters. The number of imidazole rings is 1. The lowest BCUT2D eigenvalue weighted by molar-refractivity contribution is 0.246. The van der Waals surface area contributed by atoms with Gasteiger partial charge in [-0.15, -0.1) is 13.0 Å². The van der Waals surface area contributed by atoms with E-state index in [1.807, 2.05) is 36.9 Å². The van der Waals surface area contributed by atoms with Crippen molar-refractivity contribution in [2.45, 2.75) is 44.7 Å². The molecule has 33 heavy (non-hydrogen) atoms. The SMILES string of the molecule is C#Cc1cnc(CCCC#Cc2cccc(C=C)c2CN(C)C(CCC=C)C(=C)NC)n1C. The van der Waals surface area contributed by atoms with Gasteiger partial charge in [-0.25, -0.2) is 4.98 Å². The number of nitrogens with one attached hydrogen (secondary N) is 1. The summed E-state index contributed by atoms with van der Waals surface area (Å²) in [4.78, 5) is 6.73. The first kappa shape index (κ1) is 25.8. The maximum atomic E-state index is 5.49. The predicted octanol–water partition coefficient (Wildman–Crippen LogP) is 4.92. The van der Waals surface area contributed by atoms with Crippen LogP contribution in [0.2, 0.25) is 0 Å². The Kier molecular flexibility index (Phi) is 10.3. The van der Waals surface area contributed by atoms with Crippen LogP contribution < -0.4 is 5.32 Å². The van der Waals surface area contributed by atoms with Gasteiger partial charge in [0.25, 0.3) is 0 Å². The number of hydrogen-bond acceptors (Lipinski definition) is 3. The Labute approximate surface area is 200 Å². The van der Waals surface area contributed by atoms with Crippen LogP contribution in [0.15, 0.2) is 55.9 Å². The second-order valence-corrected chi connectivity index (χ2v) is 8.07. The van der Waals surface area contributed by atoms with Crippen LogP contribution in [-0.2, 0) is 20.0 Å². The maximum absolute atomic E-state index is 5.49. The van der Waals surface area contributed by atoms with Gasteiger partial charge in [0.1, 0.15) is 11.5 Å². The summed E-state index contributed by atoms with van der Waals surface area (Å²) >= 11 is 0. The molecule has 0 saturated heterocycles. The molecule has 1 unspecified atom stereocenters. The number of benzene rings is 1. The van der Waals surface area contributed by atoms with Crippen LogP contribution in [0.4, 0.5) is 0 Å². The summed E-state index contributed by atoms with van der Waals surface area (Å²) in [6, 6.07) is 6.43. The smallest absolute Gasteiger partial charge is 0.111 e. The van der Waals surface area contributed by atoms with Crippen molar-refractivity contribution in [3.8, 4) is 24.2 Å². The summed E-state index contributed by atoms with van der Waals surface area (Å²) in [5.41, 5.74) is 5.16. The van der Waals surface area contributed by atoms with Crippen LogP contribution in [0.5, 0.6) is 0 Å². The van der Waals surface area contributed by atoms with E-state index >= 15 is 0 Å². The Balaban J connectivity index is 2.13. The van der Waals surface area contributed by atoms with Gasteiger partial charge in [0.05, 0.1) is 6.20 Å². The van der Waals surface area contributed by atoms with Crippen LogP contribution in [0, 0.1) is 24.2 Å². The van der Waals surface area contributed by atoms with Gasteiger partial charge >= 0.3 is 0 Å². The highest BCUT2D eigenvalue weighted by Gasteiger charge is 2.19. The molecule has 0 aliphatic rings. The molecule has 1 N–H and O–H groups in total. The lowest BCUT2D eigenvalue weighted by Gasteiger charge is -2.30. The lowest BCUT2D eigenvalue weighted by Crippen LogP contribution is -2.36. The standard InChI is InChI=1S/C29H36N4/c1-8-11-19-28(23(4)30-5)32(6)22-27-24(9-2)17-15-18-25(27)16-13-12-14-20-29-31-21-26(10-3)33(29)7/h3,8-9,15,17-18,21,28,30H,1-2,4,11-12,14,19-20,22H2,5-7H3. The number of nitrogens with zero attached hydrogens (tertiary/aromatic N) is 3. The van der Waals surface area contributed by atoms with Gasteiger partial charge in [0, 0.05) is 50.8 Å². The highest BCUT2D eigenvalue weighted by molar-refractivity contribution is 5.58. The summed E-state index contributed by atoms with van der Waals surface area (Å²) in [6.45, 7) is 12.9. The fourth-order valence-corrected chi connectivity index (χ4v) is 3.86. The van der Waals surface area contributed by atoms with E-state index in [0.29, 0.717) is 0 Å². The second kappa shape index (κ2) is 13.2. The molecule has 0 aliphatic heterocycles. The normalized spacial score (nSPS) is 11.2. The van der Waals surface area contributed by atoms with Gasteiger partial charge in [0.15, 0.2) is 0 Å². The summed E-state index contributed by atoms with van der Waals surface area (Å²) in [5, 5.41) is 3.22. The zero-order chi connectivity index (χ0) is 24.2. The number of hydrogen-bond donors (Lipinski definition) is 1. The summed E-state index contributed by atoms with van der Waals surface area (Å²) in [6.07, 6.45) is 15.6. The minimum Gasteiger partial charge on any atom is -0.391 e. The van der Waals surface area contributed by atoms with E-state index in [2.05, 4.69) is 71.9 Å². The van der Waals surface area contributed by atoms with Gasteiger partial charge in [-0.1, -0.05) is 55.2 Å². The molecule has 0 aliphatic carbocycles. The van der Waals surface area contributed by atoms with E-state index in [4.69, 9.17) is 6.42 Å². The largest absolute Gasteiger partial charge is 0.391 e. The van der Waals surface area contributed by atoms with Crippen LogP contribution in [0.3, 0.4) is 0 Å². The van der Waals surface area contributed by atoms with Crippen LogP contribution >= 0.6 is 0 Å². The molecule has 0 radical (unpaired) electrons. The molecule has 2 rings (SSSR count). The molecule has 0 amide bonds. The molecule has 1 aromatic heterocycles. The monoisotopic (exact) mass is 440 g/mol. The fraction of sp³-hybridized carbons (Fsp3) is 0.345. The third kappa shape index (κ3) is 7.01. The van der Waals surface area contributed by atoms with Crippen molar-refractivity contribution < 1.29 is 0 Å². The summed E-state index contributed by atoms with van der Waals surface area (Å²) in [5.74, 6) is 10.4. The van der Waals surface area contributed by atoms with Crippen molar-refractivity contribution in [3.63, 3.8) is 0 Å². The molecule has 0 bridgehead atoms. The molecule has 172 valence electrons. The van der Waals surface area contributed by atoms with E-state index in [9.17, 15) is 0 Å². The fourth-order valence-electron chi connectivity index (χ4n) is 3.86. The van der Waals surface area contributed by atoms with Crippen molar-refractivity contribution in [1.82, 2.24) is 19.8 Å². The molecule has 1 heterocycles. The first-order valence-electron chi connectivity index (χ1n) is 11.3. The molecule has 2 aromatic rings. The highest BCUT2D eigenvalue weighted by Crippen LogP contribution is 2.21. The number of unbranched alkanes of at least 4 members (excludes halogenated alkanes) is 1. The topological polar surface area (TPSA) is 33.1 Å². The zero-order valence-electron chi connectivity index (χ0n) is 20.3. The van der Waals surface area contributed by atoms with E-state index in [-0.39, 0.29) is 6.04 Å². The van der Waals surface area contributed by atoms with E-state index in [1.165, 1.54) is 5.56 Å². The van der Waals surface area contributed by atoms with E-state index < -0.39 is 0 Å². The number of terminal acetylenes is 1. The molecule has 4 heteroatoms. The van der Waals surface area contributed by atoms with Crippen molar-refractivity contribution >= 4 is 6.08 Å². The van der Waals surface area contributed by atoms with Crippen LogP contribution in [0.25, 0.3) is 6.08 Å². The Morgan fingerprint density at radius 1 is 1.36 bits per heavy atom. The Morgan fingerprint density at radius 3 is 2.79 bits per heavy atom. The minimum absolute atomic E-state index is 0.206. The molecule has 4 nitrogen and oxygen atoms in total. The van der Waals surface area contributed by atoms with Gasteiger partial charge in [-0.2, -0.15) is 0 Å². The molecule has 0 spiro atoms. The number of aromatic nitrogens is 2. The number of rotatable bonds is 12. The average Bonchev–Trinajstić information content (AvgIpc) is 3.18. The first-order chi connectivity index (χ1) is 16.0. The third-order valence-corrected chi connectivity index (χ3v) is 5.90. The third-order valence-electron chi connectivity index (χ3n) is 5.90. The van der Waals surface area contributed by atoms with Crippen molar-refractivity contribution in [2.24, 2.45) is 7.05 Å². The van der Waals surface area contributed by atoms with Gasteiger partial charge in [-0.05, 0) is 43.5 Å². The van der Waals surface area contributed by atoms with Crippen LogP contribution in [-0.4, -0.2) is 34.6 Å². The Hall–Kier alpha value is -3.47. The van der Waals surface area contributed by atoms with Crippen molar-refractivity contribution in [2.75, 3.05) is 14.1 Å². The minimum atomic E-state index is 0.206. The quantitative estimate of drug-likeness (QED) is 0.289. The van der Waals surface area contributed by atoms with Crippen molar-refractivity contribution in [3.05, 3.63) is 84.1 Å². The Bertz CT molecular complexity index is 1070. The molecule has 0 saturated carbocycles. The number of aryl methyl sites for hydroxylation is 1. The zero-order valence-corrected chi connectivity index (χ0v) is 20.3. The molecule has 1 aromatic carbocycles. The van der Waals surface area contributed by atoms with Gasteiger partial charge in [0.2, 0.25) is 0 Å². The first-order valence-corrected chi connectivity index (χ1v) is 11.3. The summed E-state index contributed by atoms with van der Waals surface area (Å²) < 4.78 is 1.97. The molecule has 0 fully saturated rings. The van der Waals surface area contributed by atoms with Crippen LogP contribution in [0.1, 0.15) is 53.9 Å². The van der Waals surface area contributed by atoms with Gasteiger partial charge < -0.3 is 9.88 Å². The Morgan fingerprint density at radius 2 is 2.15 bits per heavy atom. The highest BCUT2D eigenvalue weighted by atomic mass is 15.1. The number of allylic oxidation sites excluding steroid dienone is 1. The lowest BCUT2D eigenvalue weighted by atomic mass is 9.98. The predicted molar refractivity (Wildman–Crippen MR) is 140 cm³/mol. The van der Waals surface area contributed by atoms with E-state index in [0.717, 1.165) is 67.0 Å². The molecular formula is C29H36N4. The molecular weight excluding hydrogens is 404 g/mol. The summed E-state index contributed by atoms with van der Waals surface area (Å²) in [7, 11) is 6.01. The number of likely N-dealkylation sites (N-methyl/N-ethyl adjacent to an activating group) is 2.